The van der Waals surface area contributed by atoms with Gasteiger partial charge in [0.25, 0.3) is 0 Å². The molecule has 1 atom stereocenters. The van der Waals surface area contributed by atoms with Gasteiger partial charge in [-0.1, -0.05) is 36.6 Å². The number of hydrogen-bond donors (Lipinski definition) is 1. The molecule has 2 aromatic heterocycles. The molecule has 0 aliphatic heterocycles. The smallest absolute Gasteiger partial charge is 0.323 e. The Hall–Kier alpha value is -4.14. The number of allylic oxidation sites excluding steroid dienone is 2. The van der Waals surface area contributed by atoms with Gasteiger partial charge in [0.1, 0.15) is 17.8 Å². The van der Waals surface area contributed by atoms with Crippen molar-refractivity contribution in [1.29, 1.82) is 0 Å². The SMILES string of the molecule is C=C(F)/C=C\C(=C\F)C(O)(Cn1cnnn1)C(F)(F)c1ccc(C#Cc2ccc(COC)cc2)cn1. The molecular formula is C25H21F4N5O2. The van der Waals surface area contributed by atoms with Crippen molar-refractivity contribution >= 4 is 0 Å². The van der Waals surface area contributed by atoms with Crippen molar-refractivity contribution in [3.63, 3.8) is 0 Å². The van der Waals surface area contributed by atoms with Crippen molar-refractivity contribution in [3.8, 4) is 11.8 Å². The van der Waals surface area contributed by atoms with Crippen LogP contribution in [0.2, 0.25) is 0 Å². The highest BCUT2D eigenvalue weighted by Crippen LogP contribution is 2.44. The van der Waals surface area contributed by atoms with Crippen LogP contribution in [-0.4, -0.2) is 43.0 Å². The Balaban J connectivity index is 1.92. The fraction of sp³-hybridized carbons (Fsp3) is 0.200. The van der Waals surface area contributed by atoms with E-state index in [4.69, 9.17) is 4.74 Å². The molecule has 7 nitrogen and oxygen atoms in total. The van der Waals surface area contributed by atoms with Crippen molar-refractivity contribution in [1.82, 2.24) is 25.2 Å². The van der Waals surface area contributed by atoms with E-state index in [0.29, 0.717) is 29.9 Å². The van der Waals surface area contributed by atoms with Crippen LogP contribution in [0.3, 0.4) is 0 Å². The van der Waals surface area contributed by atoms with E-state index in [1.54, 1.807) is 19.2 Å². The van der Waals surface area contributed by atoms with E-state index in [1.807, 2.05) is 12.1 Å². The van der Waals surface area contributed by atoms with Gasteiger partial charge < -0.3 is 9.84 Å². The standard InChI is InChI=1S/C25H21F4N5O2/c1-18(27)3-11-22(13-26)24(35,16-34-17-31-32-33-34)25(28,29)23-12-10-20(14-30-23)7-4-19-5-8-21(9-6-19)15-36-2/h3,5-6,8-14,17,35H,1,15-16H2,2H3/b11-3-,22-13-. The number of halogens is 4. The van der Waals surface area contributed by atoms with Crippen LogP contribution in [-0.2, 0) is 23.8 Å². The number of hydrogen-bond acceptors (Lipinski definition) is 6. The topological polar surface area (TPSA) is 86.0 Å². The van der Waals surface area contributed by atoms with Gasteiger partial charge in [-0.2, -0.15) is 8.78 Å². The first kappa shape index (κ1) is 26.5. The minimum absolute atomic E-state index is 0.255. The second-order valence-electron chi connectivity index (χ2n) is 7.60. The Bertz CT molecular complexity index is 1290. The minimum atomic E-state index is -4.16. The summed E-state index contributed by atoms with van der Waals surface area (Å²) in [5, 5.41) is 21.2. The van der Waals surface area contributed by atoms with E-state index >= 15 is 8.78 Å². The van der Waals surface area contributed by atoms with Crippen LogP contribution in [0.15, 0.2) is 85.4 Å². The summed E-state index contributed by atoms with van der Waals surface area (Å²) < 4.78 is 63.9. The summed E-state index contributed by atoms with van der Waals surface area (Å²) in [5.74, 6) is 0.520. The fourth-order valence-electron chi connectivity index (χ4n) is 3.16. The largest absolute Gasteiger partial charge is 0.380 e. The summed E-state index contributed by atoms with van der Waals surface area (Å²) >= 11 is 0. The summed E-state index contributed by atoms with van der Waals surface area (Å²) in [4.78, 5) is 3.75. The lowest BCUT2D eigenvalue weighted by atomic mass is 9.84. The Morgan fingerprint density at radius 1 is 1.14 bits per heavy atom. The molecular weight excluding hydrogens is 478 g/mol. The third kappa shape index (κ3) is 6.10. The van der Waals surface area contributed by atoms with Gasteiger partial charge in [0.2, 0.25) is 0 Å². The van der Waals surface area contributed by atoms with E-state index in [0.717, 1.165) is 28.8 Å². The predicted molar refractivity (Wildman–Crippen MR) is 123 cm³/mol. The molecule has 0 aliphatic carbocycles. The summed E-state index contributed by atoms with van der Waals surface area (Å²) in [6.45, 7) is 2.46. The normalized spacial score (nSPS) is 13.8. The molecule has 3 rings (SSSR count). The second kappa shape index (κ2) is 11.5. The molecule has 1 unspecified atom stereocenters. The third-order valence-corrected chi connectivity index (χ3v) is 5.04. The maximum Gasteiger partial charge on any atom is 0.323 e. The lowest BCUT2D eigenvalue weighted by Gasteiger charge is -2.35. The molecule has 36 heavy (non-hydrogen) atoms. The quantitative estimate of drug-likeness (QED) is 0.272. The number of alkyl halides is 2. The molecule has 3 aromatic rings. The van der Waals surface area contributed by atoms with Gasteiger partial charge in [0.05, 0.1) is 19.5 Å². The Labute approximate surface area is 204 Å². The average molecular weight is 499 g/mol. The number of pyridine rings is 1. The first-order valence-corrected chi connectivity index (χ1v) is 10.4. The van der Waals surface area contributed by atoms with E-state index in [2.05, 4.69) is 38.9 Å². The molecule has 186 valence electrons. The summed E-state index contributed by atoms with van der Waals surface area (Å²) in [5.41, 5.74) is -3.07. The lowest BCUT2D eigenvalue weighted by molar-refractivity contribution is -0.177. The molecule has 0 saturated heterocycles. The number of aliphatic hydroxyl groups is 1. The summed E-state index contributed by atoms with van der Waals surface area (Å²) in [7, 11) is 1.59. The van der Waals surface area contributed by atoms with Crippen LogP contribution < -0.4 is 0 Å². The van der Waals surface area contributed by atoms with Crippen LogP contribution >= 0.6 is 0 Å². The molecule has 1 aromatic carbocycles. The zero-order chi connectivity index (χ0) is 26.2. The molecule has 0 fully saturated rings. The Morgan fingerprint density at radius 2 is 1.83 bits per heavy atom. The van der Waals surface area contributed by atoms with E-state index in [1.165, 1.54) is 6.07 Å². The zero-order valence-corrected chi connectivity index (χ0v) is 19.1. The predicted octanol–water partition coefficient (Wildman–Crippen LogP) is 4.03. The van der Waals surface area contributed by atoms with Gasteiger partial charge in [0, 0.05) is 30.0 Å². The highest BCUT2D eigenvalue weighted by atomic mass is 19.3. The average Bonchev–Trinajstić information content (AvgIpc) is 3.37. The van der Waals surface area contributed by atoms with Crippen LogP contribution in [0.5, 0.6) is 0 Å². The van der Waals surface area contributed by atoms with Gasteiger partial charge in [-0.25, -0.2) is 13.5 Å². The molecule has 0 saturated carbocycles. The van der Waals surface area contributed by atoms with Crippen molar-refractivity contribution in [2.24, 2.45) is 0 Å². The van der Waals surface area contributed by atoms with Gasteiger partial charge in [-0.3, -0.25) is 4.98 Å². The highest BCUT2D eigenvalue weighted by Gasteiger charge is 2.57. The number of aromatic nitrogens is 5. The molecule has 0 radical (unpaired) electrons. The first-order valence-electron chi connectivity index (χ1n) is 10.4. The monoisotopic (exact) mass is 499 g/mol. The number of methoxy groups -OCH3 is 1. The molecule has 11 heteroatoms. The van der Waals surface area contributed by atoms with E-state index in [-0.39, 0.29) is 6.33 Å². The Kier molecular flexibility index (Phi) is 8.47. The number of rotatable bonds is 9. The minimum Gasteiger partial charge on any atom is -0.380 e. The van der Waals surface area contributed by atoms with Gasteiger partial charge in [0.15, 0.2) is 5.60 Å². The molecule has 0 spiro atoms. The maximum atomic E-state index is 15.6. The molecule has 0 bridgehead atoms. The van der Waals surface area contributed by atoms with Crippen molar-refractivity contribution in [3.05, 3.63) is 108 Å². The first-order chi connectivity index (χ1) is 17.2. The zero-order valence-electron chi connectivity index (χ0n) is 19.1. The fourth-order valence-corrected chi connectivity index (χ4v) is 3.16. The highest BCUT2D eigenvalue weighted by molar-refractivity contribution is 5.43. The number of tetrazole rings is 1. The number of nitrogens with zero attached hydrogens (tertiary/aromatic N) is 5. The molecule has 2 heterocycles. The summed E-state index contributed by atoms with van der Waals surface area (Å²) in [6, 6.07) is 9.54. The number of benzene rings is 1. The van der Waals surface area contributed by atoms with Gasteiger partial charge in [-0.15, -0.1) is 5.10 Å². The Morgan fingerprint density at radius 3 is 2.39 bits per heavy atom. The molecule has 1 N–H and O–H groups in total. The second-order valence-corrected chi connectivity index (χ2v) is 7.60. The van der Waals surface area contributed by atoms with E-state index < -0.39 is 35.2 Å². The van der Waals surface area contributed by atoms with Crippen LogP contribution in [0.4, 0.5) is 17.6 Å². The van der Waals surface area contributed by atoms with Crippen molar-refractivity contribution < 1.29 is 27.4 Å². The van der Waals surface area contributed by atoms with E-state index in [9.17, 15) is 13.9 Å². The third-order valence-electron chi connectivity index (χ3n) is 5.04. The lowest BCUT2D eigenvalue weighted by Crippen LogP contribution is -2.51. The molecule has 0 amide bonds. The van der Waals surface area contributed by atoms with Gasteiger partial charge >= 0.3 is 5.92 Å². The van der Waals surface area contributed by atoms with Crippen LogP contribution in [0, 0.1) is 11.8 Å². The van der Waals surface area contributed by atoms with Crippen molar-refractivity contribution in [2.45, 2.75) is 24.7 Å². The van der Waals surface area contributed by atoms with Crippen molar-refractivity contribution in [2.75, 3.05) is 7.11 Å². The van der Waals surface area contributed by atoms with Crippen LogP contribution in [0.25, 0.3) is 0 Å². The maximum absolute atomic E-state index is 15.6. The van der Waals surface area contributed by atoms with Gasteiger partial charge in [-0.05, 0) is 46.3 Å². The van der Waals surface area contributed by atoms with Crippen LogP contribution in [0.1, 0.15) is 22.4 Å². The number of ether oxygens (including phenoxy) is 1. The molecule has 0 aliphatic rings. The summed E-state index contributed by atoms with van der Waals surface area (Å²) in [6.07, 6.45) is 3.10.